The molecule has 0 saturated carbocycles. The highest BCUT2D eigenvalue weighted by Gasteiger charge is 2.12. The maximum absolute atomic E-state index is 11.3. The summed E-state index contributed by atoms with van der Waals surface area (Å²) in [5, 5.41) is 65.1. The molecular formula is C17H13BrN5O6-3. The van der Waals surface area contributed by atoms with E-state index in [-0.39, 0.29) is 22.3 Å². The van der Waals surface area contributed by atoms with Crippen molar-refractivity contribution in [3.05, 3.63) is 74.2 Å². The van der Waals surface area contributed by atoms with Gasteiger partial charge < -0.3 is 26.1 Å². The van der Waals surface area contributed by atoms with E-state index in [4.69, 9.17) is 0 Å². The van der Waals surface area contributed by atoms with E-state index in [1.165, 1.54) is 18.3 Å². The van der Waals surface area contributed by atoms with Gasteiger partial charge in [-0.3, -0.25) is 21.0 Å². The Balaban J connectivity index is 1.98. The molecule has 0 unspecified atom stereocenters. The number of hydrogen-bond acceptors (Lipinski definition) is 11. The topological polar surface area (TPSA) is 164 Å². The first-order valence-electron chi connectivity index (χ1n) is 7.92. The van der Waals surface area contributed by atoms with E-state index in [1.54, 1.807) is 24.3 Å². The van der Waals surface area contributed by atoms with Crippen molar-refractivity contribution < 1.29 is 15.6 Å². The predicted octanol–water partition coefficient (Wildman–Crippen LogP) is 4.13. The molecular weight excluding hydrogens is 450 g/mol. The molecule has 12 heteroatoms. The molecule has 0 fully saturated rings. The van der Waals surface area contributed by atoms with E-state index in [1.807, 2.05) is 0 Å². The minimum atomic E-state index is -0.703. The van der Waals surface area contributed by atoms with Crippen molar-refractivity contribution in [1.82, 2.24) is 0 Å². The molecule has 0 heterocycles. The lowest BCUT2D eigenvalue weighted by Gasteiger charge is -2.38. The van der Waals surface area contributed by atoms with Gasteiger partial charge in [-0.15, -0.1) is 5.23 Å². The number of nitrogens with zero attached hydrogens (tertiary/aromatic N) is 4. The number of anilines is 4. The lowest BCUT2D eigenvalue weighted by molar-refractivity contribution is 0.0300. The predicted molar refractivity (Wildman–Crippen MR) is 112 cm³/mol. The first-order valence-corrected chi connectivity index (χ1v) is 8.71. The van der Waals surface area contributed by atoms with Crippen LogP contribution in [0.5, 0.6) is 0 Å². The van der Waals surface area contributed by atoms with Gasteiger partial charge in [0, 0.05) is 21.1 Å². The zero-order chi connectivity index (χ0) is 21.1. The van der Waals surface area contributed by atoms with Crippen LogP contribution in [0.2, 0.25) is 0 Å². The van der Waals surface area contributed by atoms with Crippen molar-refractivity contribution in [2.75, 3.05) is 21.1 Å². The highest BCUT2D eigenvalue weighted by Crippen LogP contribution is 2.34. The summed E-state index contributed by atoms with van der Waals surface area (Å²) in [5.74, 6) is 0. The molecule has 0 radical (unpaired) electrons. The molecule has 0 aliphatic carbocycles. The van der Waals surface area contributed by atoms with Crippen LogP contribution in [0.4, 0.5) is 22.7 Å². The number of rotatable bonds is 6. The minimum absolute atomic E-state index is 0.00492. The second-order valence-electron chi connectivity index (χ2n) is 5.73. The molecule has 0 amide bonds. The van der Waals surface area contributed by atoms with Crippen molar-refractivity contribution >= 4 is 55.7 Å². The Morgan fingerprint density at radius 2 is 1.72 bits per heavy atom. The van der Waals surface area contributed by atoms with Crippen LogP contribution in [-0.4, -0.2) is 21.8 Å². The van der Waals surface area contributed by atoms with Gasteiger partial charge in [0.25, 0.3) is 0 Å². The van der Waals surface area contributed by atoms with E-state index in [2.05, 4.69) is 26.5 Å². The molecule has 0 saturated heterocycles. The summed E-state index contributed by atoms with van der Waals surface area (Å²) in [7, 11) is 0. The van der Waals surface area contributed by atoms with Gasteiger partial charge in [-0.2, -0.15) is 5.10 Å². The Bertz CT molecular complexity index is 1060. The fourth-order valence-electron chi connectivity index (χ4n) is 2.71. The quantitative estimate of drug-likeness (QED) is 0.309. The first kappa shape index (κ1) is 20.8. The normalized spacial score (nSPS) is 11.1. The highest BCUT2D eigenvalue weighted by atomic mass is 79.9. The van der Waals surface area contributed by atoms with Crippen molar-refractivity contribution in [2.45, 2.75) is 0 Å². The number of fused-ring (bicyclic) bond motifs is 1. The summed E-state index contributed by atoms with van der Waals surface area (Å²) in [5.41, 5.74) is 2.41. The lowest BCUT2D eigenvalue weighted by Crippen LogP contribution is -2.12. The summed E-state index contributed by atoms with van der Waals surface area (Å²) >= 11 is 3.40. The largest absolute Gasteiger partial charge is 0.769 e. The van der Waals surface area contributed by atoms with Crippen LogP contribution < -0.4 is 21.1 Å². The van der Waals surface area contributed by atoms with Crippen LogP contribution >= 0.6 is 15.9 Å². The lowest BCUT2D eigenvalue weighted by atomic mass is 10.0. The van der Waals surface area contributed by atoms with Crippen molar-refractivity contribution in [3.63, 3.8) is 0 Å². The zero-order valence-electron chi connectivity index (χ0n) is 14.4. The second-order valence-corrected chi connectivity index (χ2v) is 6.58. The molecule has 3 rings (SSSR count). The monoisotopic (exact) mass is 462 g/mol. The van der Waals surface area contributed by atoms with Gasteiger partial charge in [0.15, 0.2) is 0 Å². The fourth-order valence-corrected chi connectivity index (χ4v) is 3.17. The summed E-state index contributed by atoms with van der Waals surface area (Å²) in [6.07, 6.45) is 1.36. The van der Waals surface area contributed by atoms with Gasteiger partial charge in [0.1, 0.15) is 5.69 Å². The third kappa shape index (κ3) is 4.38. The van der Waals surface area contributed by atoms with E-state index in [0.717, 1.165) is 16.6 Å². The first-order chi connectivity index (χ1) is 13.8. The van der Waals surface area contributed by atoms with Crippen LogP contribution in [0.25, 0.3) is 10.8 Å². The number of hydrazone groups is 1. The van der Waals surface area contributed by atoms with E-state index in [9.17, 15) is 31.2 Å². The Morgan fingerprint density at radius 3 is 2.38 bits per heavy atom. The molecule has 29 heavy (non-hydrogen) atoms. The summed E-state index contributed by atoms with van der Waals surface area (Å²) < 4.78 is 0.723. The molecule has 0 atom stereocenters. The van der Waals surface area contributed by atoms with Gasteiger partial charge in [0.2, 0.25) is 0 Å². The molecule has 11 nitrogen and oxygen atoms in total. The Kier molecular flexibility index (Phi) is 6.14. The number of nitrogens with one attached hydrogen (secondary N) is 1. The van der Waals surface area contributed by atoms with Gasteiger partial charge in [-0.1, -0.05) is 34.1 Å². The Labute approximate surface area is 172 Å². The van der Waals surface area contributed by atoms with E-state index >= 15 is 0 Å². The minimum Gasteiger partial charge on any atom is -0.769 e. The maximum atomic E-state index is 11.3. The molecule has 3 aromatic carbocycles. The third-order valence-electron chi connectivity index (χ3n) is 4.00. The standard InChI is InChI=1S/C17H13BrN5O6/c18-13-5-7-15(22(26)27)17-10(2-1-3-12(13)17)9-19-20-14-6-4-11(21(24)25)8-16(14)23(28)29/h1-9,20,26-28H/q-3. The number of hydrogen-bond donors (Lipinski definition) is 4. The average molecular weight is 463 g/mol. The van der Waals surface area contributed by atoms with Gasteiger partial charge in [-0.05, 0) is 35.7 Å². The van der Waals surface area contributed by atoms with Gasteiger partial charge >= 0.3 is 0 Å². The smallest absolute Gasteiger partial charge is 0.103 e. The van der Waals surface area contributed by atoms with Gasteiger partial charge in [-0.25, -0.2) is 0 Å². The SMILES string of the molecule is [O-]N([O-])c1ccc(NN=Cc2cccc3c(Br)ccc(N(O)O)c23)c(N([O-])O)c1. The third-order valence-corrected chi connectivity index (χ3v) is 4.69. The molecule has 152 valence electrons. The van der Waals surface area contributed by atoms with Crippen LogP contribution in [0, 0.1) is 15.6 Å². The van der Waals surface area contributed by atoms with E-state index in [0.29, 0.717) is 16.3 Å². The summed E-state index contributed by atoms with van der Waals surface area (Å²) in [6, 6.07) is 11.6. The van der Waals surface area contributed by atoms with Crippen molar-refractivity contribution in [1.29, 1.82) is 0 Å². The van der Waals surface area contributed by atoms with E-state index < -0.39 is 16.1 Å². The zero-order valence-corrected chi connectivity index (χ0v) is 16.0. The van der Waals surface area contributed by atoms with Crippen molar-refractivity contribution in [2.24, 2.45) is 5.10 Å². The molecule has 0 spiro atoms. The number of benzene rings is 3. The van der Waals surface area contributed by atoms with Crippen molar-refractivity contribution in [3.8, 4) is 0 Å². The molecule has 0 aliphatic heterocycles. The van der Waals surface area contributed by atoms with Crippen LogP contribution in [-0.2, 0) is 0 Å². The summed E-state index contributed by atoms with van der Waals surface area (Å²) in [4.78, 5) is 0. The maximum Gasteiger partial charge on any atom is 0.103 e. The van der Waals surface area contributed by atoms with Crippen LogP contribution in [0.15, 0.2) is 58.1 Å². The fraction of sp³-hybridized carbons (Fsp3) is 0. The molecule has 3 aromatic rings. The molecule has 4 N–H and O–H groups in total. The highest BCUT2D eigenvalue weighted by molar-refractivity contribution is 9.10. The second kappa shape index (κ2) is 8.59. The molecule has 0 bridgehead atoms. The Hall–Kier alpha value is -2.97. The van der Waals surface area contributed by atoms with Crippen LogP contribution in [0.1, 0.15) is 5.56 Å². The Morgan fingerprint density at radius 1 is 0.966 bits per heavy atom. The number of halogens is 1. The summed E-state index contributed by atoms with van der Waals surface area (Å²) in [6.45, 7) is 0. The van der Waals surface area contributed by atoms with Crippen LogP contribution in [0.3, 0.4) is 0 Å². The average Bonchev–Trinajstić information content (AvgIpc) is 2.68. The molecule has 0 aromatic heterocycles. The molecule has 0 aliphatic rings. The van der Waals surface area contributed by atoms with Gasteiger partial charge in [0.05, 0.1) is 17.6 Å².